The largest absolute Gasteiger partial charge is 0.457 e. The minimum atomic E-state index is -0.319. The van der Waals surface area contributed by atoms with Crippen molar-refractivity contribution in [3.63, 3.8) is 0 Å². The standard InChI is InChI=1S/C25H22FN3O2/c1-17-27-23-7-2-3-8-24(23)29(17)20-13-14-28(16-20)25(30)18-5-4-6-22(15-18)31-21-11-9-19(26)10-12-21/h2-12,15,20H,13-14,16H2,1H3. The van der Waals surface area contributed by atoms with Gasteiger partial charge in [0.15, 0.2) is 0 Å². The Kier molecular flexibility index (Phi) is 4.90. The molecule has 1 aliphatic heterocycles. The fourth-order valence-corrected chi connectivity index (χ4v) is 4.28. The molecule has 5 nitrogen and oxygen atoms in total. The number of nitrogens with zero attached hydrogens (tertiary/aromatic N) is 3. The third-order valence-corrected chi connectivity index (χ3v) is 5.72. The third-order valence-electron chi connectivity index (χ3n) is 5.72. The maximum Gasteiger partial charge on any atom is 0.254 e. The van der Waals surface area contributed by atoms with Crippen molar-refractivity contribution in [3.8, 4) is 11.5 Å². The van der Waals surface area contributed by atoms with Gasteiger partial charge in [-0.05, 0) is 67.9 Å². The van der Waals surface area contributed by atoms with E-state index in [4.69, 9.17) is 4.74 Å². The van der Waals surface area contributed by atoms with Gasteiger partial charge < -0.3 is 14.2 Å². The zero-order valence-corrected chi connectivity index (χ0v) is 17.2. The first-order valence-electron chi connectivity index (χ1n) is 10.3. The van der Waals surface area contributed by atoms with Crippen LogP contribution in [0.25, 0.3) is 11.0 Å². The van der Waals surface area contributed by atoms with Crippen molar-refractivity contribution >= 4 is 16.9 Å². The first-order valence-corrected chi connectivity index (χ1v) is 10.3. The maximum atomic E-state index is 13.2. The lowest BCUT2D eigenvalue weighted by molar-refractivity contribution is 0.0787. The molecule has 0 aliphatic carbocycles. The summed E-state index contributed by atoms with van der Waals surface area (Å²) in [5, 5.41) is 0. The molecular formula is C25H22FN3O2. The second-order valence-electron chi connectivity index (χ2n) is 7.80. The normalized spacial score (nSPS) is 16.1. The highest BCUT2D eigenvalue weighted by molar-refractivity contribution is 5.94. The number of benzene rings is 3. The van der Waals surface area contributed by atoms with Crippen LogP contribution in [0, 0.1) is 12.7 Å². The molecule has 1 aliphatic rings. The van der Waals surface area contributed by atoms with Crippen LogP contribution in [0.1, 0.15) is 28.6 Å². The highest BCUT2D eigenvalue weighted by atomic mass is 19.1. The zero-order chi connectivity index (χ0) is 21.4. The third kappa shape index (κ3) is 3.77. The van der Waals surface area contributed by atoms with Gasteiger partial charge in [0.1, 0.15) is 23.1 Å². The Bertz CT molecular complexity index is 1250. The molecule has 0 N–H and O–H groups in total. The molecule has 0 spiro atoms. The summed E-state index contributed by atoms with van der Waals surface area (Å²) in [5.41, 5.74) is 2.66. The van der Waals surface area contributed by atoms with Crippen LogP contribution in [0.15, 0.2) is 72.8 Å². The van der Waals surface area contributed by atoms with Crippen molar-refractivity contribution in [1.82, 2.24) is 14.5 Å². The van der Waals surface area contributed by atoms with Crippen LogP contribution in [0.2, 0.25) is 0 Å². The molecule has 156 valence electrons. The molecule has 0 bridgehead atoms. The van der Waals surface area contributed by atoms with Crippen molar-refractivity contribution < 1.29 is 13.9 Å². The number of fused-ring (bicyclic) bond motifs is 1. The Labute approximate surface area is 179 Å². The van der Waals surface area contributed by atoms with Gasteiger partial charge in [-0.3, -0.25) is 4.79 Å². The van der Waals surface area contributed by atoms with E-state index in [-0.39, 0.29) is 17.8 Å². The first kappa shape index (κ1) is 19.3. The van der Waals surface area contributed by atoms with Gasteiger partial charge in [0.05, 0.1) is 17.1 Å². The van der Waals surface area contributed by atoms with Crippen LogP contribution in [-0.2, 0) is 0 Å². The molecule has 5 rings (SSSR count). The van der Waals surface area contributed by atoms with Crippen molar-refractivity contribution in [2.45, 2.75) is 19.4 Å². The lowest BCUT2D eigenvalue weighted by Crippen LogP contribution is -2.29. The SMILES string of the molecule is Cc1nc2ccccc2n1C1CCN(C(=O)c2cccc(Oc3ccc(F)cc3)c2)C1. The molecule has 31 heavy (non-hydrogen) atoms. The number of likely N-dealkylation sites (tertiary alicyclic amines) is 1. The van der Waals surface area contributed by atoms with Crippen molar-refractivity contribution in [2.24, 2.45) is 0 Å². The van der Waals surface area contributed by atoms with Crippen molar-refractivity contribution in [2.75, 3.05) is 13.1 Å². The minimum Gasteiger partial charge on any atom is -0.457 e. The Morgan fingerprint density at radius 1 is 1.03 bits per heavy atom. The fraction of sp³-hybridized carbons (Fsp3) is 0.200. The van der Waals surface area contributed by atoms with Gasteiger partial charge in [0.2, 0.25) is 0 Å². The lowest BCUT2D eigenvalue weighted by Gasteiger charge is -2.19. The minimum absolute atomic E-state index is 0.0193. The van der Waals surface area contributed by atoms with Crippen LogP contribution in [0.5, 0.6) is 11.5 Å². The Morgan fingerprint density at radius 3 is 2.68 bits per heavy atom. The van der Waals surface area contributed by atoms with E-state index in [0.717, 1.165) is 23.3 Å². The number of carbonyl (C=O) groups excluding carboxylic acids is 1. The molecule has 6 heteroatoms. The van der Waals surface area contributed by atoms with Gasteiger partial charge in [0.25, 0.3) is 5.91 Å². The van der Waals surface area contributed by atoms with Crippen LogP contribution in [-0.4, -0.2) is 33.4 Å². The van der Waals surface area contributed by atoms with E-state index < -0.39 is 0 Å². The van der Waals surface area contributed by atoms with Crippen LogP contribution in [0.4, 0.5) is 4.39 Å². The van der Waals surface area contributed by atoms with E-state index in [0.29, 0.717) is 30.2 Å². The van der Waals surface area contributed by atoms with Gasteiger partial charge >= 0.3 is 0 Å². The summed E-state index contributed by atoms with van der Waals surface area (Å²) in [5.74, 6) is 1.70. The summed E-state index contributed by atoms with van der Waals surface area (Å²) >= 11 is 0. The van der Waals surface area contributed by atoms with Crippen molar-refractivity contribution in [1.29, 1.82) is 0 Å². The predicted molar refractivity (Wildman–Crippen MR) is 117 cm³/mol. The average molecular weight is 415 g/mol. The Balaban J connectivity index is 1.33. The molecule has 1 aromatic heterocycles. The average Bonchev–Trinajstić information content (AvgIpc) is 3.38. The number of amides is 1. The molecule has 3 aromatic carbocycles. The van der Waals surface area contributed by atoms with Gasteiger partial charge in [-0.2, -0.15) is 0 Å². The zero-order valence-electron chi connectivity index (χ0n) is 17.2. The highest BCUT2D eigenvalue weighted by Crippen LogP contribution is 2.29. The maximum absolute atomic E-state index is 13.2. The van der Waals surface area contributed by atoms with Gasteiger partial charge in [-0.15, -0.1) is 0 Å². The fourth-order valence-electron chi connectivity index (χ4n) is 4.28. The summed E-state index contributed by atoms with van der Waals surface area (Å²) in [6.45, 7) is 3.35. The molecule has 0 saturated carbocycles. The Hall–Kier alpha value is -3.67. The molecule has 1 saturated heterocycles. The number of aryl methyl sites for hydroxylation is 1. The van der Waals surface area contributed by atoms with Gasteiger partial charge in [-0.1, -0.05) is 18.2 Å². The number of imidazole rings is 1. The quantitative estimate of drug-likeness (QED) is 0.451. The Morgan fingerprint density at radius 2 is 1.84 bits per heavy atom. The van der Waals surface area contributed by atoms with Crippen LogP contribution in [0.3, 0.4) is 0 Å². The number of para-hydroxylation sites is 2. The smallest absolute Gasteiger partial charge is 0.254 e. The topological polar surface area (TPSA) is 47.4 Å². The predicted octanol–water partition coefficient (Wildman–Crippen LogP) is 5.36. The highest BCUT2D eigenvalue weighted by Gasteiger charge is 2.30. The number of carbonyl (C=O) groups is 1. The summed E-state index contributed by atoms with van der Waals surface area (Å²) in [4.78, 5) is 19.7. The molecule has 1 amide bonds. The van der Waals surface area contributed by atoms with Crippen LogP contribution >= 0.6 is 0 Å². The summed E-state index contributed by atoms with van der Waals surface area (Å²) in [7, 11) is 0. The second-order valence-corrected chi connectivity index (χ2v) is 7.80. The monoisotopic (exact) mass is 415 g/mol. The van der Waals surface area contributed by atoms with Gasteiger partial charge in [0, 0.05) is 18.7 Å². The number of ether oxygens (including phenoxy) is 1. The first-order chi connectivity index (χ1) is 15.1. The van der Waals surface area contributed by atoms with Crippen molar-refractivity contribution in [3.05, 3.63) is 90.0 Å². The van der Waals surface area contributed by atoms with Gasteiger partial charge in [-0.25, -0.2) is 9.37 Å². The molecular weight excluding hydrogens is 393 g/mol. The lowest BCUT2D eigenvalue weighted by atomic mass is 10.2. The van der Waals surface area contributed by atoms with E-state index in [1.54, 1.807) is 36.4 Å². The van der Waals surface area contributed by atoms with Crippen LogP contribution < -0.4 is 4.74 Å². The van der Waals surface area contributed by atoms with E-state index in [9.17, 15) is 9.18 Å². The van der Waals surface area contributed by atoms with E-state index in [1.165, 1.54) is 12.1 Å². The summed E-state index contributed by atoms with van der Waals surface area (Å²) < 4.78 is 21.1. The molecule has 1 fully saturated rings. The summed E-state index contributed by atoms with van der Waals surface area (Å²) in [6, 6.07) is 21.2. The molecule has 0 radical (unpaired) electrons. The summed E-state index contributed by atoms with van der Waals surface area (Å²) in [6.07, 6.45) is 0.888. The number of hydrogen-bond donors (Lipinski definition) is 0. The second kappa shape index (κ2) is 7.87. The van der Waals surface area contributed by atoms with E-state index >= 15 is 0 Å². The molecule has 1 unspecified atom stereocenters. The molecule has 4 aromatic rings. The molecule has 1 atom stereocenters. The van der Waals surface area contributed by atoms with E-state index in [1.807, 2.05) is 30.0 Å². The number of aromatic nitrogens is 2. The number of rotatable bonds is 4. The number of hydrogen-bond acceptors (Lipinski definition) is 3. The number of halogens is 1. The molecule has 2 heterocycles. The van der Waals surface area contributed by atoms with E-state index in [2.05, 4.69) is 15.6 Å².